The van der Waals surface area contributed by atoms with E-state index in [0.29, 0.717) is 5.75 Å². The maximum Gasteiger partial charge on any atom is 0.115 e. The number of phenolic OH excluding ortho intramolecular Hbond substituents is 1. The molecule has 0 fully saturated rings. The van der Waals surface area contributed by atoms with E-state index < -0.39 is 0 Å². The van der Waals surface area contributed by atoms with Crippen molar-refractivity contribution in [2.24, 2.45) is 0 Å². The minimum Gasteiger partial charge on any atom is -0.508 e. The van der Waals surface area contributed by atoms with Crippen molar-refractivity contribution >= 4 is 0 Å². The number of hydrogen-bond acceptors (Lipinski definition) is 2. The standard InChI is InChI=1S/C17H21NO/c1-12-7-9-15(10-8-12)13(2)18-14(3)16-5-4-6-17(19)11-16/h4-11,13-14,18-19H,1-3H3/t13-,14?/m1/s1. The van der Waals surface area contributed by atoms with Crippen LogP contribution in [0.5, 0.6) is 5.75 Å². The number of nitrogens with one attached hydrogen (secondary N) is 1. The van der Waals surface area contributed by atoms with E-state index in [0.717, 1.165) is 5.56 Å². The fourth-order valence-electron chi connectivity index (χ4n) is 2.22. The van der Waals surface area contributed by atoms with Gasteiger partial charge < -0.3 is 10.4 Å². The van der Waals surface area contributed by atoms with Crippen molar-refractivity contribution < 1.29 is 5.11 Å². The van der Waals surface area contributed by atoms with Gasteiger partial charge in [0.15, 0.2) is 0 Å². The summed E-state index contributed by atoms with van der Waals surface area (Å²) in [7, 11) is 0. The highest BCUT2D eigenvalue weighted by Crippen LogP contribution is 2.22. The summed E-state index contributed by atoms with van der Waals surface area (Å²) in [4.78, 5) is 0. The van der Waals surface area contributed by atoms with Gasteiger partial charge in [0.1, 0.15) is 5.75 Å². The zero-order chi connectivity index (χ0) is 13.8. The number of aromatic hydroxyl groups is 1. The molecule has 0 aliphatic carbocycles. The first kappa shape index (κ1) is 13.6. The maximum absolute atomic E-state index is 9.52. The van der Waals surface area contributed by atoms with Crippen molar-refractivity contribution in [2.75, 3.05) is 0 Å². The monoisotopic (exact) mass is 255 g/mol. The molecule has 2 aromatic rings. The Morgan fingerprint density at radius 1 is 0.895 bits per heavy atom. The topological polar surface area (TPSA) is 32.3 Å². The number of hydrogen-bond donors (Lipinski definition) is 2. The molecule has 100 valence electrons. The van der Waals surface area contributed by atoms with Gasteiger partial charge in [-0.1, -0.05) is 42.0 Å². The summed E-state index contributed by atoms with van der Waals surface area (Å²) in [6, 6.07) is 16.4. The third-order valence-electron chi connectivity index (χ3n) is 3.45. The number of aryl methyl sites for hydroxylation is 1. The summed E-state index contributed by atoms with van der Waals surface area (Å²) in [5, 5.41) is 13.1. The van der Waals surface area contributed by atoms with Crippen LogP contribution in [0.3, 0.4) is 0 Å². The smallest absolute Gasteiger partial charge is 0.115 e. The van der Waals surface area contributed by atoms with Gasteiger partial charge in [-0.3, -0.25) is 0 Å². The molecule has 2 aromatic carbocycles. The van der Waals surface area contributed by atoms with Gasteiger partial charge in [0.25, 0.3) is 0 Å². The molecule has 2 rings (SSSR count). The fourth-order valence-corrected chi connectivity index (χ4v) is 2.22. The third-order valence-corrected chi connectivity index (χ3v) is 3.45. The Labute approximate surface area is 115 Å². The molecule has 0 spiro atoms. The summed E-state index contributed by atoms with van der Waals surface area (Å²) in [6.45, 7) is 6.36. The highest BCUT2D eigenvalue weighted by Gasteiger charge is 2.11. The fraction of sp³-hybridized carbons (Fsp3) is 0.294. The summed E-state index contributed by atoms with van der Waals surface area (Å²) < 4.78 is 0. The van der Waals surface area contributed by atoms with Crippen LogP contribution >= 0.6 is 0 Å². The highest BCUT2D eigenvalue weighted by molar-refractivity contribution is 5.30. The SMILES string of the molecule is Cc1ccc([C@@H](C)NC(C)c2cccc(O)c2)cc1. The van der Waals surface area contributed by atoms with Crippen LogP contribution in [0, 0.1) is 6.92 Å². The summed E-state index contributed by atoms with van der Waals surface area (Å²) in [5.74, 6) is 0.314. The van der Waals surface area contributed by atoms with E-state index in [4.69, 9.17) is 0 Å². The largest absolute Gasteiger partial charge is 0.508 e. The lowest BCUT2D eigenvalue weighted by Gasteiger charge is -2.21. The lowest BCUT2D eigenvalue weighted by Crippen LogP contribution is -2.22. The van der Waals surface area contributed by atoms with E-state index in [1.807, 2.05) is 12.1 Å². The average Bonchev–Trinajstić information content (AvgIpc) is 2.39. The van der Waals surface area contributed by atoms with Gasteiger partial charge in [-0.05, 0) is 44.0 Å². The van der Waals surface area contributed by atoms with E-state index in [-0.39, 0.29) is 12.1 Å². The molecule has 2 heteroatoms. The van der Waals surface area contributed by atoms with Gasteiger partial charge in [0.2, 0.25) is 0 Å². The van der Waals surface area contributed by atoms with Crippen LogP contribution in [0.25, 0.3) is 0 Å². The third kappa shape index (κ3) is 3.58. The number of phenols is 1. The zero-order valence-corrected chi connectivity index (χ0v) is 11.7. The molecule has 1 unspecified atom stereocenters. The first-order chi connectivity index (χ1) is 9.06. The van der Waals surface area contributed by atoms with E-state index in [2.05, 4.69) is 50.4 Å². The first-order valence-corrected chi connectivity index (χ1v) is 6.68. The van der Waals surface area contributed by atoms with Gasteiger partial charge in [-0.25, -0.2) is 0 Å². The Bertz CT molecular complexity index is 533. The second kappa shape index (κ2) is 5.89. The van der Waals surface area contributed by atoms with Crippen LogP contribution in [0.1, 0.15) is 42.6 Å². The molecule has 2 N–H and O–H groups in total. The highest BCUT2D eigenvalue weighted by atomic mass is 16.3. The molecule has 0 aromatic heterocycles. The van der Waals surface area contributed by atoms with Gasteiger partial charge in [-0.15, -0.1) is 0 Å². The van der Waals surface area contributed by atoms with Crippen LogP contribution in [0.2, 0.25) is 0 Å². The summed E-state index contributed by atoms with van der Waals surface area (Å²) >= 11 is 0. The zero-order valence-electron chi connectivity index (χ0n) is 11.7. The van der Waals surface area contributed by atoms with Crippen LogP contribution in [-0.4, -0.2) is 5.11 Å². The quantitative estimate of drug-likeness (QED) is 0.861. The predicted molar refractivity (Wildman–Crippen MR) is 79.3 cm³/mol. The second-order valence-electron chi connectivity index (χ2n) is 5.12. The summed E-state index contributed by atoms with van der Waals surface area (Å²) in [6.07, 6.45) is 0. The molecule has 0 saturated heterocycles. The van der Waals surface area contributed by atoms with Crippen LogP contribution < -0.4 is 5.32 Å². The predicted octanol–water partition coefficient (Wildman–Crippen LogP) is 4.11. The molecular formula is C17H21NO. The van der Waals surface area contributed by atoms with Crippen LogP contribution in [0.4, 0.5) is 0 Å². The Balaban J connectivity index is 2.06. The normalized spacial score (nSPS) is 14.1. The van der Waals surface area contributed by atoms with E-state index in [1.165, 1.54) is 11.1 Å². The van der Waals surface area contributed by atoms with E-state index >= 15 is 0 Å². The van der Waals surface area contributed by atoms with E-state index in [1.54, 1.807) is 12.1 Å². The number of benzene rings is 2. The van der Waals surface area contributed by atoms with Crippen molar-refractivity contribution in [3.63, 3.8) is 0 Å². The molecule has 0 radical (unpaired) electrons. The van der Waals surface area contributed by atoms with E-state index in [9.17, 15) is 5.11 Å². The molecule has 0 bridgehead atoms. The van der Waals surface area contributed by atoms with Gasteiger partial charge in [-0.2, -0.15) is 0 Å². The van der Waals surface area contributed by atoms with Crippen molar-refractivity contribution in [1.82, 2.24) is 5.32 Å². The van der Waals surface area contributed by atoms with Crippen molar-refractivity contribution in [2.45, 2.75) is 32.9 Å². The molecule has 0 aliphatic heterocycles. The molecule has 0 amide bonds. The second-order valence-corrected chi connectivity index (χ2v) is 5.12. The minimum atomic E-state index is 0.198. The van der Waals surface area contributed by atoms with Gasteiger partial charge in [0.05, 0.1) is 0 Å². The molecule has 2 nitrogen and oxygen atoms in total. The Kier molecular flexibility index (Phi) is 4.23. The molecular weight excluding hydrogens is 234 g/mol. The first-order valence-electron chi connectivity index (χ1n) is 6.68. The number of rotatable bonds is 4. The molecule has 2 atom stereocenters. The van der Waals surface area contributed by atoms with Crippen LogP contribution in [-0.2, 0) is 0 Å². The lowest BCUT2D eigenvalue weighted by atomic mass is 10.0. The Hall–Kier alpha value is -1.80. The van der Waals surface area contributed by atoms with Crippen molar-refractivity contribution in [3.05, 3.63) is 65.2 Å². The lowest BCUT2D eigenvalue weighted by molar-refractivity contribution is 0.466. The van der Waals surface area contributed by atoms with Crippen LogP contribution in [0.15, 0.2) is 48.5 Å². The van der Waals surface area contributed by atoms with Gasteiger partial charge in [0, 0.05) is 12.1 Å². The molecule has 0 heterocycles. The molecule has 19 heavy (non-hydrogen) atoms. The summed E-state index contributed by atoms with van der Waals surface area (Å²) in [5.41, 5.74) is 3.65. The van der Waals surface area contributed by atoms with Crippen molar-refractivity contribution in [1.29, 1.82) is 0 Å². The molecule has 0 aliphatic rings. The maximum atomic E-state index is 9.52. The van der Waals surface area contributed by atoms with Gasteiger partial charge >= 0.3 is 0 Å². The molecule has 0 saturated carbocycles. The minimum absolute atomic E-state index is 0.198. The average molecular weight is 255 g/mol. The Morgan fingerprint density at radius 3 is 2.16 bits per heavy atom. The van der Waals surface area contributed by atoms with Crippen molar-refractivity contribution in [3.8, 4) is 5.75 Å². The Morgan fingerprint density at radius 2 is 1.53 bits per heavy atom.